The van der Waals surface area contributed by atoms with E-state index >= 15 is 0 Å². The number of H-pyrrole nitrogens is 1. The molecule has 2 aromatic rings. The van der Waals surface area contributed by atoms with Crippen LogP contribution >= 0.6 is 11.8 Å². The molecule has 0 aliphatic carbocycles. The Hall–Kier alpha value is -2.36. The Kier molecular flexibility index (Phi) is 3.51. The smallest absolute Gasteiger partial charge is 0.343 e. The largest absolute Gasteiger partial charge is 0.378 e. The fourth-order valence-corrected chi connectivity index (χ4v) is 2.29. The molecule has 0 bridgehead atoms. The van der Waals surface area contributed by atoms with Gasteiger partial charge < -0.3 is 5.73 Å². The molecule has 0 unspecified atom stereocenters. The number of anilines is 1. The quantitative estimate of drug-likeness (QED) is 0.620. The average molecular weight is 282 g/mol. The van der Waals surface area contributed by atoms with Gasteiger partial charge in [-0.2, -0.15) is 0 Å². The molecular weight excluding hydrogens is 272 g/mol. The number of aromatic nitrogens is 4. The molecule has 0 saturated carbocycles. The minimum atomic E-state index is -0.604. The third-order valence-electron chi connectivity index (χ3n) is 2.31. The molecule has 0 saturated heterocycles. The SMILES string of the molecule is CCn1c(Sc2ccc([N+](=O)[O-])c(N)n2)n[nH]c1=O. The van der Waals surface area contributed by atoms with Crippen molar-refractivity contribution >= 4 is 23.3 Å². The van der Waals surface area contributed by atoms with E-state index in [0.717, 1.165) is 11.8 Å². The van der Waals surface area contributed by atoms with Gasteiger partial charge >= 0.3 is 11.4 Å². The Morgan fingerprint density at radius 2 is 2.32 bits per heavy atom. The van der Waals surface area contributed by atoms with E-state index in [1.54, 1.807) is 6.92 Å². The molecule has 0 atom stereocenters. The summed E-state index contributed by atoms with van der Waals surface area (Å²) in [5.74, 6) is -0.170. The highest BCUT2D eigenvalue weighted by molar-refractivity contribution is 7.99. The maximum atomic E-state index is 11.4. The summed E-state index contributed by atoms with van der Waals surface area (Å²) in [7, 11) is 0. The van der Waals surface area contributed by atoms with Crippen LogP contribution in [0, 0.1) is 10.1 Å². The van der Waals surface area contributed by atoms with Gasteiger partial charge in [-0.1, -0.05) is 0 Å². The first-order valence-electron chi connectivity index (χ1n) is 5.27. The minimum Gasteiger partial charge on any atom is -0.378 e. The monoisotopic (exact) mass is 282 g/mol. The number of nitrogens with two attached hydrogens (primary N) is 1. The van der Waals surface area contributed by atoms with Gasteiger partial charge in [-0.3, -0.25) is 14.7 Å². The van der Waals surface area contributed by atoms with Gasteiger partial charge in [-0.05, 0) is 24.8 Å². The number of hydrogen-bond donors (Lipinski definition) is 2. The highest BCUT2D eigenvalue weighted by Crippen LogP contribution is 2.27. The maximum Gasteiger partial charge on any atom is 0.343 e. The minimum absolute atomic E-state index is 0.170. The molecule has 0 radical (unpaired) electrons. The average Bonchev–Trinajstić information content (AvgIpc) is 2.69. The molecule has 3 N–H and O–H groups in total. The molecule has 19 heavy (non-hydrogen) atoms. The van der Waals surface area contributed by atoms with Crippen LogP contribution in [0.4, 0.5) is 11.5 Å². The molecule has 0 aliphatic heterocycles. The number of nitrogen functional groups attached to an aromatic ring is 1. The number of aromatic amines is 1. The molecular formula is C9H10N6O3S. The lowest BCUT2D eigenvalue weighted by molar-refractivity contribution is -0.384. The van der Waals surface area contributed by atoms with Crippen LogP contribution in [-0.2, 0) is 6.54 Å². The van der Waals surface area contributed by atoms with Crippen LogP contribution in [0.1, 0.15) is 6.92 Å². The number of rotatable bonds is 4. The van der Waals surface area contributed by atoms with E-state index in [-0.39, 0.29) is 17.2 Å². The summed E-state index contributed by atoms with van der Waals surface area (Å²) in [5, 5.41) is 17.6. The van der Waals surface area contributed by atoms with Gasteiger partial charge in [0.25, 0.3) is 0 Å². The predicted molar refractivity (Wildman–Crippen MR) is 67.9 cm³/mol. The Bertz CT molecular complexity index is 679. The summed E-state index contributed by atoms with van der Waals surface area (Å²) in [5.41, 5.74) is 4.92. The van der Waals surface area contributed by atoms with Crippen molar-refractivity contribution in [2.24, 2.45) is 0 Å². The van der Waals surface area contributed by atoms with Gasteiger partial charge in [0.1, 0.15) is 5.03 Å². The van der Waals surface area contributed by atoms with Crippen molar-refractivity contribution in [3.05, 3.63) is 32.7 Å². The third-order valence-corrected chi connectivity index (χ3v) is 3.24. The first-order chi connectivity index (χ1) is 9.02. The van der Waals surface area contributed by atoms with Crippen molar-refractivity contribution in [3.8, 4) is 0 Å². The topological polar surface area (TPSA) is 133 Å². The fourth-order valence-electron chi connectivity index (χ4n) is 1.41. The van der Waals surface area contributed by atoms with Crippen molar-refractivity contribution in [2.75, 3.05) is 5.73 Å². The number of nitrogens with zero attached hydrogens (tertiary/aromatic N) is 4. The zero-order valence-electron chi connectivity index (χ0n) is 9.86. The second kappa shape index (κ2) is 5.10. The summed E-state index contributed by atoms with van der Waals surface area (Å²) < 4.78 is 1.42. The van der Waals surface area contributed by atoms with Gasteiger partial charge in [0, 0.05) is 12.6 Å². The van der Waals surface area contributed by atoms with Gasteiger partial charge in [0.2, 0.25) is 5.82 Å². The maximum absolute atomic E-state index is 11.4. The molecule has 0 aromatic carbocycles. The van der Waals surface area contributed by atoms with Crippen molar-refractivity contribution in [1.29, 1.82) is 0 Å². The normalized spacial score (nSPS) is 10.6. The lowest BCUT2D eigenvalue weighted by atomic mass is 10.4. The molecule has 2 aromatic heterocycles. The first-order valence-corrected chi connectivity index (χ1v) is 6.08. The third kappa shape index (κ3) is 2.57. The van der Waals surface area contributed by atoms with Crippen molar-refractivity contribution in [3.63, 3.8) is 0 Å². The van der Waals surface area contributed by atoms with Gasteiger partial charge in [0.05, 0.1) is 4.92 Å². The van der Waals surface area contributed by atoms with E-state index < -0.39 is 4.92 Å². The number of nitro groups is 1. The Balaban J connectivity index is 2.31. The summed E-state index contributed by atoms with van der Waals surface area (Å²) in [4.78, 5) is 25.3. The van der Waals surface area contributed by atoms with Crippen LogP contribution in [0.5, 0.6) is 0 Å². The molecule has 2 heterocycles. The summed E-state index contributed by atoms with van der Waals surface area (Å²) in [6.07, 6.45) is 0. The van der Waals surface area contributed by atoms with E-state index in [1.165, 1.54) is 16.7 Å². The predicted octanol–water partition coefficient (Wildman–Crippen LogP) is 0.628. The second-order valence-corrected chi connectivity index (χ2v) is 4.46. The van der Waals surface area contributed by atoms with Crippen LogP contribution in [0.3, 0.4) is 0 Å². The molecule has 0 aliphatic rings. The zero-order valence-corrected chi connectivity index (χ0v) is 10.7. The molecule has 0 spiro atoms. The van der Waals surface area contributed by atoms with Crippen LogP contribution in [-0.4, -0.2) is 24.7 Å². The standard InChI is InChI=1S/C9H10N6O3S/c1-2-14-8(16)12-13-9(14)19-6-4-3-5(15(17)18)7(10)11-6/h3-4H,2H2,1H3,(H2,10,11)(H,12,16). The van der Waals surface area contributed by atoms with Crippen LogP contribution < -0.4 is 11.4 Å². The van der Waals surface area contributed by atoms with Gasteiger partial charge in [-0.25, -0.2) is 14.9 Å². The highest BCUT2D eigenvalue weighted by Gasteiger charge is 2.15. The summed E-state index contributed by atoms with van der Waals surface area (Å²) in [6, 6.07) is 2.73. The van der Waals surface area contributed by atoms with E-state index in [4.69, 9.17) is 5.73 Å². The molecule has 10 heteroatoms. The summed E-state index contributed by atoms with van der Waals surface area (Å²) >= 11 is 1.10. The number of hydrogen-bond acceptors (Lipinski definition) is 7. The summed E-state index contributed by atoms with van der Waals surface area (Å²) in [6.45, 7) is 2.26. The Labute approximate surface area is 111 Å². The van der Waals surface area contributed by atoms with Crippen LogP contribution in [0.15, 0.2) is 27.1 Å². The van der Waals surface area contributed by atoms with Gasteiger partial charge in [0.15, 0.2) is 5.16 Å². The van der Waals surface area contributed by atoms with E-state index in [9.17, 15) is 14.9 Å². The lowest BCUT2D eigenvalue weighted by Gasteiger charge is -2.02. The van der Waals surface area contributed by atoms with Crippen molar-refractivity contribution in [2.45, 2.75) is 23.7 Å². The molecule has 9 nitrogen and oxygen atoms in total. The molecule has 100 valence electrons. The number of pyridine rings is 1. The second-order valence-electron chi connectivity index (χ2n) is 3.47. The van der Waals surface area contributed by atoms with Crippen molar-refractivity contribution in [1.82, 2.24) is 19.7 Å². The molecule has 0 amide bonds. The number of nitrogens with one attached hydrogen (secondary N) is 1. The van der Waals surface area contributed by atoms with Crippen molar-refractivity contribution < 1.29 is 4.92 Å². The first kappa shape index (κ1) is 13.1. The molecule has 2 rings (SSSR count). The zero-order chi connectivity index (χ0) is 14.0. The van der Waals surface area contributed by atoms with E-state index in [2.05, 4.69) is 15.2 Å². The Morgan fingerprint density at radius 3 is 2.89 bits per heavy atom. The van der Waals surface area contributed by atoms with Crippen LogP contribution in [0.2, 0.25) is 0 Å². The van der Waals surface area contributed by atoms with E-state index in [1.807, 2.05) is 0 Å². The fraction of sp³-hybridized carbons (Fsp3) is 0.222. The van der Waals surface area contributed by atoms with Crippen LogP contribution in [0.25, 0.3) is 0 Å². The molecule has 0 fully saturated rings. The Morgan fingerprint density at radius 1 is 1.58 bits per heavy atom. The van der Waals surface area contributed by atoms with Gasteiger partial charge in [-0.15, -0.1) is 5.10 Å². The highest BCUT2D eigenvalue weighted by atomic mass is 32.2. The lowest BCUT2D eigenvalue weighted by Crippen LogP contribution is -2.16. The van der Waals surface area contributed by atoms with E-state index in [0.29, 0.717) is 16.7 Å².